The molecule has 0 unspecified atom stereocenters. The zero-order chi connectivity index (χ0) is 25.0. The van der Waals surface area contributed by atoms with Crippen LogP contribution in [0.2, 0.25) is 5.02 Å². The van der Waals surface area contributed by atoms with Crippen molar-refractivity contribution in [2.45, 2.75) is 30.7 Å². The van der Waals surface area contributed by atoms with Crippen molar-refractivity contribution in [3.05, 3.63) is 113 Å². The van der Waals surface area contributed by atoms with Crippen LogP contribution >= 0.6 is 11.6 Å². The van der Waals surface area contributed by atoms with E-state index < -0.39 is 22.1 Å². The van der Waals surface area contributed by atoms with E-state index in [9.17, 15) is 13.2 Å². The quantitative estimate of drug-likeness (QED) is 0.351. The van der Waals surface area contributed by atoms with Gasteiger partial charge < -0.3 is 9.88 Å². The maximum absolute atomic E-state index is 13.0. The lowest BCUT2D eigenvalue weighted by atomic mass is 9.92. The Balaban J connectivity index is 1.69. The van der Waals surface area contributed by atoms with E-state index in [4.69, 9.17) is 11.6 Å². The van der Waals surface area contributed by atoms with E-state index in [1.165, 1.54) is 6.07 Å². The van der Waals surface area contributed by atoms with Gasteiger partial charge in [-0.05, 0) is 42.3 Å². The van der Waals surface area contributed by atoms with Crippen LogP contribution in [0.4, 0.5) is 4.79 Å². The Labute approximate surface area is 209 Å². The number of hydrogen-bond donors (Lipinski definition) is 2. The van der Waals surface area contributed by atoms with Gasteiger partial charge in [0, 0.05) is 29.0 Å². The second kappa shape index (κ2) is 10.3. The Morgan fingerprint density at radius 3 is 2.43 bits per heavy atom. The number of benzene rings is 3. The van der Waals surface area contributed by atoms with Gasteiger partial charge in [-0.15, -0.1) is 0 Å². The molecule has 180 valence electrons. The van der Waals surface area contributed by atoms with E-state index >= 15 is 0 Å². The van der Waals surface area contributed by atoms with E-state index in [-0.39, 0.29) is 10.8 Å². The van der Waals surface area contributed by atoms with Crippen molar-refractivity contribution < 1.29 is 13.2 Å². The minimum atomic E-state index is -4.07. The Morgan fingerprint density at radius 1 is 1.00 bits per heavy atom. The van der Waals surface area contributed by atoms with E-state index in [1.807, 2.05) is 54.0 Å². The highest BCUT2D eigenvalue weighted by atomic mass is 35.5. The third-order valence-corrected chi connectivity index (χ3v) is 7.48. The molecule has 0 spiro atoms. The Morgan fingerprint density at radius 2 is 1.71 bits per heavy atom. The molecule has 1 aromatic heterocycles. The molecular weight excluding hydrogens is 484 g/mol. The Hall–Kier alpha value is -3.62. The van der Waals surface area contributed by atoms with Crippen molar-refractivity contribution in [1.82, 2.24) is 19.6 Å². The molecular formula is C26H25ClN4O3S. The number of carbonyl (C=O) groups excluding carboxylic acids is 1. The maximum Gasteiger partial charge on any atom is 0.329 e. The number of sulfonamides is 1. The average Bonchev–Trinajstić information content (AvgIpc) is 3.32. The van der Waals surface area contributed by atoms with Crippen molar-refractivity contribution in [3.8, 4) is 5.69 Å². The first-order chi connectivity index (χ1) is 16.8. The highest BCUT2D eigenvalue weighted by molar-refractivity contribution is 7.90. The molecule has 2 amide bonds. The largest absolute Gasteiger partial charge is 0.329 e. The summed E-state index contributed by atoms with van der Waals surface area (Å²) in [7, 11) is -4.07. The van der Waals surface area contributed by atoms with Crippen LogP contribution in [0.25, 0.3) is 5.69 Å². The maximum atomic E-state index is 13.0. The predicted octanol–water partition coefficient (Wildman–Crippen LogP) is 5.37. The van der Waals surface area contributed by atoms with Crippen LogP contribution in [0.3, 0.4) is 0 Å². The summed E-state index contributed by atoms with van der Waals surface area (Å²) >= 11 is 6.20. The molecule has 0 saturated heterocycles. The molecule has 0 bridgehead atoms. The van der Waals surface area contributed by atoms with Gasteiger partial charge in [-0.3, -0.25) is 0 Å². The summed E-state index contributed by atoms with van der Waals surface area (Å²) in [5.74, 6) is 0.301. The molecule has 0 fully saturated rings. The molecule has 2 N–H and O–H groups in total. The minimum absolute atomic E-state index is 0.0447. The summed E-state index contributed by atoms with van der Waals surface area (Å²) in [4.78, 5) is 17.6. The first-order valence-electron chi connectivity index (χ1n) is 11.0. The number of urea groups is 1. The van der Waals surface area contributed by atoms with Gasteiger partial charge in [0.1, 0.15) is 5.82 Å². The van der Waals surface area contributed by atoms with Crippen LogP contribution < -0.4 is 10.0 Å². The SMILES string of the molecule is Cc1ccccc1S(=O)(=O)NC(=O)N[C@H](c1nccn1-c1cccc(Cl)c1)[C@H](C)c1ccccc1. The number of nitrogens with one attached hydrogen (secondary N) is 2. The van der Waals surface area contributed by atoms with Crippen LogP contribution in [-0.4, -0.2) is 24.0 Å². The number of aryl methyl sites for hydroxylation is 1. The highest BCUT2D eigenvalue weighted by Gasteiger charge is 2.29. The molecule has 0 aliphatic heterocycles. The summed E-state index contributed by atoms with van der Waals surface area (Å²) in [6.07, 6.45) is 3.40. The Bertz CT molecular complexity index is 1440. The summed E-state index contributed by atoms with van der Waals surface area (Å²) in [5.41, 5.74) is 2.27. The van der Waals surface area contributed by atoms with E-state index in [0.29, 0.717) is 16.4 Å². The number of halogens is 1. The van der Waals surface area contributed by atoms with Crippen molar-refractivity contribution in [1.29, 1.82) is 0 Å². The standard InChI is InChI=1S/C26H25ClN4O3S/c1-18-9-6-7-14-23(18)35(33,34)30-26(32)29-24(19(2)20-10-4-3-5-11-20)25-28-15-16-31(25)22-13-8-12-21(27)17-22/h3-17,19,24H,1-2H3,(H2,29,30,32)/t19-,24+/m1/s1. The summed E-state index contributed by atoms with van der Waals surface area (Å²) < 4.78 is 29.7. The van der Waals surface area contributed by atoms with Gasteiger partial charge in [-0.1, -0.05) is 73.1 Å². The highest BCUT2D eigenvalue weighted by Crippen LogP contribution is 2.31. The second-order valence-corrected chi connectivity index (χ2v) is 10.2. The average molecular weight is 509 g/mol. The van der Waals surface area contributed by atoms with Gasteiger partial charge in [-0.25, -0.2) is 22.9 Å². The topological polar surface area (TPSA) is 93.1 Å². The van der Waals surface area contributed by atoms with Crippen molar-refractivity contribution in [3.63, 3.8) is 0 Å². The number of carbonyl (C=O) groups is 1. The molecule has 2 atom stereocenters. The molecule has 3 aromatic carbocycles. The zero-order valence-corrected chi connectivity index (χ0v) is 20.8. The summed E-state index contributed by atoms with van der Waals surface area (Å²) in [5, 5.41) is 3.40. The van der Waals surface area contributed by atoms with Crippen LogP contribution in [0, 0.1) is 6.92 Å². The number of nitrogens with zero attached hydrogens (tertiary/aromatic N) is 2. The first-order valence-corrected chi connectivity index (χ1v) is 12.9. The molecule has 0 aliphatic carbocycles. The van der Waals surface area contributed by atoms with E-state index in [1.54, 1.807) is 49.6 Å². The first kappa shape index (κ1) is 24.5. The van der Waals surface area contributed by atoms with Crippen LogP contribution in [0.5, 0.6) is 0 Å². The molecule has 1 heterocycles. The third-order valence-electron chi connectivity index (χ3n) is 5.76. The number of rotatable bonds is 7. The third kappa shape index (κ3) is 5.55. The van der Waals surface area contributed by atoms with E-state index in [0.717, 1.165) is 11.3 Å². The van der Waals surface area contributed by atoms with Gasteiger partial charge in [0.05, 0.1) is 10.9 Å². The molecule has 4 aromatic rings. The van der Waals surface area contributed by atoms with Crippen molar-refractivity contribution in [2.24, 2.45) is 0 Å². The fourth-order valence-electron chi connectivity index (χ4n) is 3.96. The number of aromatic nitrogens is 2. The second-order valence-electron chi connectivity index (χ2n) is 8.16. The van der Waals surface area contributed by atoms with Crippen LogP contribution in [0.15, 0.2) is 96.2 Å². The lowest BCUT2D eigenvalue weighted by Crippen LogP contribution is -2.43. The van der Waals surface area contributed by atoms with Gasteiger partial charge in [0.2, 0.25) is 0 Å². The van der Waals surface area contributed by atoms with Crippen LogP contribution in [0.1, 0.15) is 35.8 Å². The van der Waals surface area contributed by atoms with Crippen molar-refractivity contribution >= 4 is 27.7 Å². The van der Waals surface area contributed by atoms with Gasteiger partial charge in [0.25, 0.3) is 10.0 Å². The van der Waals surface area contributed by atoms with Gasteiger partial charge in [0.15, 0.2) is 0 Å². The number of amides is 2. The van der Waals surface area contributed by atoms with E-state index in [2.05, 4.69) is 15.0 Å². The summed E-state index contributed by atoms with van der Waals surface area (Å²) in [6.45, 7) is 3.63. The van der Waals surface area contributed by atoms with Gasteiger partial charge >= 0.3 is 6.03 Å². The molecule has 0 saturated carbocycles. The molecule has 7 nitrogen and oxygen atoms in total. The lowest BCUT2D eigenvalue weighted by molar-refractivity contribution is 0.239. The van der Waals surface area contributed by atoms with Crippen molar-refractivity contribution in [2.75, 3.05) is 0 Å². The molecule has 35 heavy (non-hydrogen) atoms. The molecule has 4 rings (SSSR count). The Kier molecular flexibility index (Phi) is 7.23. The molecule has 0 aliphatic rings. The monoisotopic (exact) mass is 508 g/mol. The molecule has 0 radical (unpaired) electrons. The smallest absolute Gasteiger partial charge is 0.327 e. The predicted molar refractivity (Wildman–Crippen MR) is 136 cm³/mol. The minimum Gasteiger partial charge on any atom is -0.327 e. The van der Waals surface area contributed by atoms with Crippen LogP contribution in [-0.2, 0) is 10.0 Å². The number of hydrogen-bond acceptors (Lipinski definition) is 4. The fourth-order valence-corrected chi connectivity index (χ4v) is 5.30. The fraction of sp³-hybridized carbons (Fsp3) is 0.154. The zero-order valence-electron chi connectivity index (χ0n) is 19.2. The normalized spacial score (nSPS) is 13.1. The lowest BCUT2D eigenvalue weighted by Gasteiger charge is -2.26. The molecule has 9 heteroatoms. The number of imidazole rings is 1. The van der Waals surface area contributed by atoms with Gasteiger partial charge in [-0.2, -0.15) is 0 Å². The summed E-state index contributed by atoms with van der Waals surface area (Å²) in [6, 6.07) is 21.9.